The molecule has 2 aromatic rings. The van der Waals surface area contributed by atoms with Crippen molar-refractivity contribution in [2.24, 2.45) is 0 Å². The number of hydrogen-bond donors (Lipinski definition) is 1. The highest BCUT2D eigenvalue weighted by Gasteiger charge is 1.94. The molecule has 94 valence electrons. The fourth-order valence-electron chi connectivity index (χ4n) is 1.90. The standard InChI is InChI=1S/C16H18FN/c17-16-10-8-15(9-11-16)13-18-12-4-7-14-5-2-1-3-6-14/h1-3,5-6,8-11,18H,4,7,12-13H2. The van der Waals surface area contributed by atoms with Gasteiger partial charge in [0.25, 0.3) is 0 Å². The Bertz CT molecular complexity index is 450. The molecule has 0 aliphatic carbocycles. The maximum atomic E-state index is 12.7. The second kappa shape index (κ2) is 6.92. The van der Waals surface area contributed by atoms with Gasteiger partial charge in [0.2, 0.25) is 0 Å². The van der Waals surface area contributed by atoms with Crippen molar-refractivity contribution in [1.82, 2.24) is 5.32 Å². The van der Waals surface area contributed by atoms with Crippen LogP contribution in [0.1, 0.15) is 17.5 Å². The van der Waals surface area contributed by atoms with Gasteiger partial charge in [0.15, 0.2) is 0 Å². The van der Waals surface area contributed by atoms with E-state index in [1.165, 1.54) is 17.7 Å². The van der Waals surface area contributed by atoms with Crippen molar-refractivity contribution >= 4 is 0 Å². The summed E-state index contributed by atoms with van der Waals surface area (Å²) in [6.45, 7) is 1.78. The van der Waals surface area contributed by atoms with Gasteiger partial charge >= 0.3 is 0 Å². The first-order valence-corrected chi connectivity index (χ1v) is 6.34. The largest absolute Gasteiger partial charge is 0.313 e. The predicted octanol–water partition coefficient (Wildman–Crippen LogP) is 3.55. The lowest BCUT2D eigenvalue weighted by atomic mass is 10.1. The average molecular weight is 243 g/mol. The minimum Gasteiger partial charge on any atom is -0.313 e. The molecule has 2 heteroatoms. The van der Waals surface area contributed by atoms with E-state index in [-0.39, 0.29) is 5.82 Å². The fraction of sp³-hybridized carbons (Fsp3) is 0.250. The van der Waals surface area contributed by atoms with E-state index in [2.05, 4.69) is 29.6 Å². The van der Waals surface area contributed by atoms with Crippen LogP contribution < -0.4 is 5.32 Å². The topological polar surface area (TPSA) is 12.0 Å². The number of benzene rings is 2. The molecule has 0 atom stereocenters. The summed E-state index contributed by atoms with van der Waals surface area (Å²) in [6, 6.07) is 17.1. The van der Waals surface area contributed by atoms with Gasteiger partial charge in [0.1, 0.15) is 5.82 Å². The van der Waals surface area contributed by atoms with Crippen LogP contribution in [-0.4, -0.2) is 6.54 Å². The monoisotopic (exact) mass is 243 g/mol. The molecule has 0 bridgehead atoms. The molecule has 0 unspecified atom stereocenters. The smallest absolute Gasteiger partial charge is 0.123 e. The van der Waals surface area contributed by atoms with Crippen LogP contribution in [0.5, 0.6) is 0 Å². The third kappa shape index (κ3) is 4.30. The second-order valence-electron chi connectivity index (χ2n) is 4.39. The minimum absolute atomic E-state index is 0.178. The van der Waals surface area contributed by atoms with Crippen LogP contribution in [-0.2, 0) is 13.0 Å². The number of nitrogens with one attached hydrogen (secondary N) is 1. The van der Waals surface area contributed by atoms with Crippen LogP contribution in [0.2, 0.25) is 0 Å². The molecule has 2 aromatic carbocycles. The Balaban J connectivity index is 1.63. The van der Waals surface area contributed by atoms with Crippen LogP contribution in [0, 0.1) is 5.82 Å². The van der Waals surface area contributed by atoms with E-state index in [0.717, 1.165) is 31.5 Å². The zero-order chi connectivity index (χ0) is 12.6. The molecule has 0 saturated heterocycles. The van der Waals surface area contributed by atoms with Gasteiger partial charge in [0.05, 0.1) is 0 Å². The van der Waals surface area contributed by atoms with Crippen molar-refractivity contribution in [3.63, 3.8) is 0 Å². The summed E-state index contributed by atoms with van der Waals surface area (Å²) >= 11 is 0. The van der Waals surface area contributed by atoms with Crippen LogP contribution >= 0.6 is 0 Å². The molecule has 18 heavy (non-hydrogen) atoms. The van der Waals surface area contributed by atoms with Gasteiger partial charge in [-0.25, -0.2) is 4.39 Å². The molecule has 2 rings (SSSR count). The predicted molar refractivity (Wildman–Crippen MR) is 72.9 cm³/mol. The Labute approximate surface area is 108 Å². The normalized spacial score (nSPS) is 10.5. The lowest BCUT2D eigenvalue weighted by Gasteiger charge is -2.05. The molecule has 0 aliphatic heterocycles. The average Bonchev–Trinajstić information content (AvgIpc) is 2.42. The molecule has 0 aromatic heterocycles. The fourth-order valence-corrected chi connectivity index (χ4v) is 1.90. The van der Waals surface area contributed by atoms with Gasteiger partial charge in [-0.05, 0) is 42.6 Å². The summed E-state index contributed by atoms with van der Waals surface area (Å²) < 4.78 is 12.7. The third-order valence-electron chi connectivity index (χ3n) is 2.90. The summed E-state index contributed by atoms with van der Waals surface area (Å²) in [6.07, 6.45) is 2.21. The van der Waals surface area contributed by atoms with Crippen LogP contribution in [0.15, 0.2) is 54.6 Å². The van der Waals surface area contributed by atoms with Crippen molar-refractivity contribution in [2.75, 3.05) is 6.54 Å². The zero-order valence-corrected chi connectivity index (χ0v) is 10.4. The Morgan fingerprint density at radius 3 is 2.28 bits per heavy atom. The van der Waals surface area contributed by atoms with E-state index in [0.29, 0.717) is 0 Å². The summed E-state index contributed by atoms with van der Waals surface area (Å²) in [5.41, 5.74) is 2.50. The summed E-state index contributed by atoms with van der Waals surface area (Å²) in [5, 5.41) is 3.37. The van der Waals surface area contributed by atoms with Crippen LogP contribution in [0.25, 0.3) is 0 Å². The first-order chi connectivity index (χ1) is 8.84. The van der Waals surface area contributed by atoms with E-state index in [9.17, 15) is 4.39 Å². The summed E-state index contributed by atoms with van der Waals surface area (Å²) in [7, 11) is 0. The van der Waals surface area contributed by atoms with Crippen LogP contribution in [0.3, 0.4) is 0 Å². The molecule has 0 fully saturated rings. The van der Waals surface area contributed by atoms with Crippen LogP contribution in [0.4, 0.5) is 4.39 Å². The molecule has 0 radical (unpaired) electrons. The van der Waals surface area contributed by atoms with Gasteiger partial charge in [-0.3, -0.25) is 0 Å². The molecule has 0 aliphatic rings. The number of halogens is 1. The number of hydrogen-bond acceptors (Lipinski definition) is 1. The quantitative estimate of drug-likeness (QED) is 0.765. The minimum atomic E-state index is -0.178. The van der Waals surface area contributed by atoms with Crippen molar-refractivity contribution in [1.29, 1.82) is 0 Å². The highest BCUT2D eigenvalue weighted by Crippen LogP contribution is 2.03. The molecule has 1 nitrogen and oxygen atoms in total. The van der Waals surface area contributed by atoms with Gasteiger partial charge in [-0.2, -0.15) is 0 Å². The molecule has 0 heterocycles. The number of aryl methyl sites for hydroxylation is 1. The van der Waals surface area contributed by atoms with Crippen molar-refractivity contribution in [2.45, 2.75) is 19.4 Å². The zero-order valence-electron chi connectivity index (χ0n) is 10.4. The van der Waals surface area contributed by atoms with Gasteiger partial charge in [0, 0.05) is 6.54 Å². The number of rotatable bonds is 6. The van der Waals surface area contributed by atoms with Gasteiger partial charge in [-0.1, -0.05) is 42.5 Å². The Kier molecular flexibility index (Phi) is 4.91. The van der Waals surface area contributed by atoms with E-state index in [4.69, 9.17) is 0 Å². The van der Waals surface area contributed by atoms with E-state index >= 15 is 0 Å². The van der Waals surface area contributed by atoms with Crippen molar-refractivity contribution in [3.8, 4) is 0 Å². The molecular formula is C16H18FN. The van der Waals surface area contributed by atoms with E-state index < -0.39 is 0 Å². The summed E-state index contributed by atoms with van der Waals surface area (Å²) in [5.74, 6) is -0.178. The third-order valence-corrected chi connectivity index (χ3v) is 2.90. The first-order valence-electron chi connectivity index (χ1n) is 6.34. The lowest BCUT2D eigenvalue weighted by molar-refractivity contribution is 0.622. The Hall–Kier alpha value is -1.67. The SMILES string of the molecule is Fc1ccc(CNCCCc2ccccc2)cc1. The van der Waals surface area contributed by atoms with Gasteiger partial charge in [-0.15, -0.1) is 0 Å². The summed E-state index contributed by atoms with van der Waals surface area (Å²) in [4.78, 5) is 0. The Morgan fingerprint density at radius 1 is 0.833 bits per heavy atom. The Morgan fingerprint density at radius 2 is 1.56 bits per heavy atom. The van der Waals surface area contributed by atoms with E-state index in [1.807, 2.05) is 18.2 Å². The molecule has 0 amide bonds. The highest BCUT2D eigenvalue weighted by atomic mass is 19.1. The molecule has 0 saturated carbocycles. The van der Waals surface area contributed by atoms with E-state index in [1.54, 1.807) is 0 Å². The van der Waals surface area contributed by atoms with Gasteiger partial charge < -0.3 is 5.32 Å². The first kappa shape index (κ1) is 12.8. The molecule has 1 N–H and O–H groups in total. The highest BCUT2D eigenvalue weighted by molar-refractivity contribution is 5.16. The molecule has 0 spiro atoms. The molecular weight excluding hydrogens is 225 g/mol. The maximum absolute atomic E-state index is 12.7. The second-order valence-corrected chi connectivity index (χ2v) is 4.39. The van der Waals surface area contributed by atoms with Crippen molar-refractivity contribution in [3.05, 3.63) is 71.5 Å². The van der Waals surface area contributed by atoms with Crippen molar-refractivity contribution < 1.29 is 4.39 Å². The maximum Gasteiger partial charge on any atom is 0.123 e. The lowest BCUT2D eigenvalue weighted by Crippen LogP contribution is -2.15.